The summed E-state index contributed by atoms with van der Waals surface area (Å²) in [5.74, 6) is -0.547. The number of pyridine rings is 1. The number of nitrogens with one attached hydrogen (secondary N) is 1. The van der Waals surface area contributed by atoms with Crippen molar-refractivity contribution in [3.05, 3.63) is 32.7 Å². The Balaban J connectivity index is 1.84. The van der Waals surface area contributed by atoms with Crippen LogP contribution in [-0.2, 0) is 17.1 Å². The number of piperazine rings is 1. The van der Waals surface area contributed by atoms with Crippen molar-refractivity contribution in [2.45, 2.75) is 18.7 Å². The topological polar surface area (TPSA) is 169 Å². The third kappa shape index (κ3) is 4.12. The fourth-order valence-corrected chi connectivity index (χ4v) is 5.22. The van der Waals surface area contributed by atoms with Gasteiger partial charge in [-0.25, -0.2) is 18.4 Å². The Labute approximate surface area is 194 Å². The Hall–Kier alpha value is -3.43. The van der Waals surface area contributed by atoms with Crippen LogP contribution in [0.4, 0.5) is 5.82 Å². The number of aromatic nitrogens is 5. The number of nitro groups is 1. The third-order valence-corrected chi connectivity index (χ3v) is 7.48. The van der Waals surface area contributed by atoms with Gasteiger partial charge >= 0.3 is 5.82 Å². The molecule has 0 aliphatic carbocycles. The molecular weight excluding hydrogens is 468 g/mol. The van der Waals surface area contributed by atoms with Crippen molar-refractivity contribution >= 4 is 26.9 Å². The van der Waals surface area contributed by atoms with Crippen LogP contribution >= 0.6 is 0 Å². The minimum atomic E-state index is -3.88. The zero-order chi connectivity index (χ0) is 24.6. The molecule has 14 nitrogen and oxygen atoms in total. The van der Waals surface area contributed by atoms with E-state index in [9.17, 15) is 23.3 Å². The van der Waals surface area contributed by atoms with E-state index in [0.717, 1.165) is 11.2 Å². The van der Waals surface area contributed by atoms with Gasteiger partial charge in [0, 0.05) is 26.2 Å². The summed E-state index contributed by atoms with van der Waals surface area (Å²) in [7, 11) is -2.55. The SMILES string of the molecule is CCOc1ncc(S(=O)(=O)N2CCN(CC)CC2)cc1-c1nc2c([N+](=O)[O-])n(C)nc2c(=O)[nH]1. The number of aryl methyl sites for hydroxylation is 1. The van der Waals surface area contributed by atoms with Crippen molar-refractivity contribution in [3.8, 4) is 17.3 Å². The summed E-state index contributed by atoms with van der Waals surface area (Å²) in [5.41, 5.74) is -1.05. The maximum atomic E-state index is 13.3. The van der Waals surface area contributed by atoms with Crippen LogP contribution < -0.4 is 10.3 Å². The van der Waals surface area contributed by atoms with Gasteiger partial charge in [-0.05, 0) is 24.5 Å². The molecule has 1 aliphatic rings. The number of H-pyrrole nitrogens is 1. The summed E-state index contributed by atoms with van der Waals surface area (Å²) < 4.78 is 34.4. The molecule has 4 rings (SSSR count). The Morgan fingerprint density at radius 3 is 2.53 bits per heavy atom. The number of hydrogen-bond donors (Lipinski definition) is 1. The number of likely N-dealkylation sites (N-methyl/N-ethyl adjacent to an activating group) is 1. The fraction of sp³-hybridized carbons (Fsp3) is 0.474. The first-order valence-electron chi connectivity index (χ1n) is 10.6. The second-order valence-corrected chi connectivity index (χ2v) is 9.55. The zero-order valence-electron chi connectivity index (χ0n) is 18.9. The van der Waals surface area contributed by atoms with Gasteiger partial charge in [0.15, 0.2) is 5.52 Å². The predicted molar refractivity (Wildman–Crippen MR) is 121 cm³/mol. The van der Waals surface area contributed by atoms with Gasteiger partial charge in [-0.1, -0.05) is 12.0 Å². The molecule has 0 spiro atoms. The summed E-state index contributed by atoms with van der Waals surface area (Å²) in [6, 6.07) is 1.31. The Morgan fingerprint density at radius 2 is 1.91 bits per heavy atom. The van der Waals surface area contributed by atoms with Crippen LogP contribution in [0.25, 0.3) is 22.4 Å². The second kappa shape index (κ2) is 9.08. The molecule has 1 aliphatic heterocycles. The summed E-state index contributed by atoms with van der Waals surface area (Å²) in [6.07, 6.45) is 1.19. The number of ether oxygens (including phenoxy) is 1. The molecule has 1 fully saturated rings. The third-order valence-electron chi connectivity index (χ3n) is 5.61. The average Bonchev–Trinajstić information content (AvgIpc) is 3.16. The normalized spacial score (nSPS) is 15.6. The van der Waals surface area contributed by atoms with Crippen LogP contribution in [0.1, 0.15) is 13.8 Å². The molecule has 0 saturated carbocycles. The molecule has 4 heterocycles. The zero-order valence-corrected chi connectivity index (χ0v) is 19.7. The van der Waals surface area contributed by atoms with Gasteiger partial charge in [0.25, 0.3) is 5.56 Å². The number of nitrogens with zero attached hydrogens (tertiary/aromatic N) is 7. The van der Waals surface area contributed by atoms with Gasteiger partial charge in [0.1, 0.15) is 17.8 Å². The smallest absolute Gasteiger partial charge is 0.371 e. The molecule has 0 bridgehead atoms. The number of fused-ring (bicyclic) bond motifs is 1. The van der Waals surface area contributed by atoms with Crippen molar-refractivity contribution < 1.29 is 18.1 Å². The molecule has 182 valence electrons. The van der Waals surface area contributed by atoms with Crippen molar-refractivity contribution in [2.75, 3.05) is 39.3 Å². The van der Waals surface area contributed by atoms with E-state index >= 15 is 0 Å². The van der Waals surface area contributed by atoms with E-state index in [1.54, 1.807) is 6.92 Å². The molecule has 0 aromatic carbocycles. The summed E-state index contributed by atoms with van der Waals surface area (Å²) in [4.78, 5) is 36.4. The Kier molecular flexibility index (Phi) is 6.33. The van der Waals surface area contributed by atoms with Crippen LogP contribution in [0, 0.1) is 10.1 Å². The number of hydrogen-bond acceptors (Lipinski definition) is 10. The van der Waals surface area contributed by atoms with Crippen LogP contribution in [0.3, 0.4) is 0 Å². The molecular formula is C19H24N8O6S. The van der Waals surface area contributed by atoms with Gasteiger partial charge in [0.2, 0.25) is 21.4 Å². The van der Waals surface area contributed by atoms with E-state index in [4.69, 9.17) is 4.74 Å². The van der Waals surface area contributed by atoms with Gasteiger partial charge in [-0.3, -0.25) is 4.79 Å². The quantitative estimate of drug-likeness (QED) is 0.359. The van der Waals surface area contributed by atoms with Crippen LogP contribution in [0.2, 0.25) is 0 Å². The highest BCUT2D eigenvalue weighted by Gasteiger charge is 2.30. The summed E-state index contributed by atoms with van der Waals surface area (Å²) >= 11 is 0. The minimum absolute atomic E-state index is 0.0336. The second-order valence-electron chi connectivity index (χ2n) is 7.61. The van der Waals surface area contributed by atoms with E-state index in [2.05, 4.69) is 25.0 Å². The van der Waals surface area contributed by atoms with Gasteiger partial charge in [-0.15, -0.1) is 4.68 Å². The maximum Gasteiger partial charge on any atom is 0.371 e. The van der Waals surface area contributed by atoms with Crippen molar-refractivity contribution in [3.63, 3.8) is 0 Å². The molecule has 1 N–H and O–H groups in total. The highest BCUT2D eigenvalue weighted by atomic mass is 32.2. The average molecular weight is 493 g/mol. The van der Waals surface area contributed by atoms with E-state index in [1.807, 2.05) is 6.92 Å². The Bertz CT molecular complexity index is 1410. The fourth-order valence-electron chi connectivity index (χ4n) is 3.83. The number of sulfonamides is 1. The monoisotopic (exact) mass is 492 g/mol. The largest absolute Gasteiger partial charge is 0.477 e. The molecule has 0 unspecified atom stereocenters. The first-order valence-corrected chi connectivity index (χ1v) is 12.1. The molecule has 3 aromatic rings. The lowest BCUT2D eigenvalue weighted by atomic mass is 10.2. The lowest BCUT2D eigenvalue weighted by molar-refractivity contribution is -0.390. The molecule has 1 saturated heterocycles. The molecule has 0 atom stereocenters. The molecule has 15 heteroatoms. The minimum Gasteiger partial charge on any atom is -0.477 e. The molecule has 3 aromatic heterocycles. The van der Waals surface area contributed by atoms with Crippen molar-refractivity contribution in [1.29, 1.82) is 0 Å². The lowest BCUT2D eigenvalue weighted by Crippen LogP contribution is -2.48. The van der Waals surface area contributed by atoms with Crippen molar-refractivity contribution in [2.24, 2.45) is 7.05 Å². The highest BCUT2D eigenvalue weighted by molar-refractivity contribution is 7.89. The van der Waals surface area contributed by atoms with Crippen LogP contribution in [0.15, 0.2) is 22.0 Å². The first-order chi connectivity index (χ1) is 16.2. The number of rotatable bonds is 7. The Morgan fingerprint density at radius 1 is 1.21 bits per heavy atom. The summed E-state index contributed by atoms with van der Waals surface area (Å²) in [5, 5.41) is 15.4. The van der Waals surface area contributed by atoms with E-state index in [0.29, 0.717) is 26.2 Å². The summed E-state index contributed by atoms with van der Waals surface area (Å²) in [6.45, 7) is 6.68. The van der Waals surface area contributed by atoms with Crippen LogP contribution in [-0.4, -0.2) is 86.6 Å². The lowest BCUT2D eigenvalue weighted by Gasteiger charge is -2.33. The maximum absolute atomic E-state index is 13.3. The van der Waals surface area contributed by atoms with E-state index in [-0.39, 0.29) is 39.8 Å². The van der Waals surface area contributed by atoms with Gasteiger partial charge in [-0.2, -0.15) is 4.31 Å². The standard InChI is InChI=1S/C19H24N8O6S/c1-4-25-6-8-26(9-7-25)34(31,32)12-10-13(18(20-11-12)33-5-2)16-21-15-14(17(28)22-16)23-24(3)19(15)27(29)30/h10-11H,4-9H2,1-3H3,(H,21,22,28). The number of aromatic amines is 1. The van der Waals surface area contributed by atoms with E-state index < -0.39 is 26.3 Å². The molecule has 0 radical (unpaired) electrons. The first kappa shape index (κ1) is 23.7. The van der Waals surface area contributed by atoms with E-state index in [1.165, 1.54) is 23.6 Å². The van der Waals surface area contributed by atoms with Gasteiger partial charge in [0.05, 0.1) is 18.4 Å². The predicted octanol–water partition coefficient (Wildman–Crippen LogP) is 0.352. The highest BCUT2D eigenvalue weighted by Crippen LogP contribution is 2.31. The molecule has 34 heavy (non-hydrogen) atoms. The van der Waals surface area contributed by atoms with Crippen LogP contribution in [0.5, 0.6) is 5.88 Å². The molecule has 0 amide bonds. The van der Waals surface area contributed by atoms with Crippen molar-refractivity contribution in [1.82, 2.24) is 33.9 Å². The van der Waals surface area contributed by atoms with Gasteiger partial charge < -0.3 is 24.7 Å².